The fraction of sp³-hybridized carbons (Fsp3) is 0.429. The molecule has 1 aliphatic heterocycles. The minimum absolute atomic E-state index is 0.0424. The lowest BCUT2D eigenvalue weighted by Gasteiger charge is -2.23. The van der Waals surface area contributed by atoms with Crippen LogP contribution in [0.25, 0.3) is 0 Å². The molecule has 5 nitrogen and oxygen atoms in total. The molecule has 5 heteroatoms. The Morgan fingerprint density at radius 3 is 2.79 bits per heavy atom. The summed E-state index contributed by atoms with van der Waals surface area (Å²) in [6, 6.07) is 7.57. The van der Waals surface area contributed by atoms with E-state index in [9.17, 15) is 9.59 Å². The maximum Gasteiger partial charge on any atom is 0.305 e. The molecule has 2 rings (SSSR count). The number of ether oxygens (including phenoxy) is 1. The van der Waals surface area contributed by atoms with Crippen molar-refractivity contribution < 1.29 is 19.4 Å². The normalized spacial score (nSPS) is 16.6. The summed E-state index contributed by atoms with van der Waals surface area (Å²) in [6.45, 7) is 2.55. The van der Waals surface area contributed by atoms with Crippen molar-refractivity contribution in [1.82, 2.24) is 4.90 Å². The van der Waals surface area contributed by atoms with Gasteiger partial charge in [-0.05, 0) is 18.6 Å². The van der Waals surface area contributed by atoms with Gasteiger partial charge in [0.05, 0.1) is 6.42 Å². The molecule has 1 unspecified atom stereocenters. The van der Waals surface area contributed by atoms with E-state index >= 15 is 0 Å². The number of nitrogens with zero attached hydrogens (tertiary/aromatic N) is 1. The second-order valence-corrected chi connectivity index (χ2v) is 4.48. The van der Waals surface area contributed by atoms with Gasteiger partial charge in [-0.15, -0.1) is 0 Å². The van der Waals surface area contributed by atoms with E-state index in [0.717, 1.165) is 11.3 Å². The van der Waals surface area contributed by atoms with Crippen LogP contribution in [-0.2, 0) is 16.0 Å². The number of hydrogen-bond acceptors (Lipinski definition) is 3. The van der Waals surface area contributed by atoms with Gasteiger partial charge in [0.1, 0.15) is 5.75 Å². The molecular weight excluding hydrogens is 246 g/mol. The van der Waals surface area contributed by atoms with Gasteiger partial charge < -0.3 is 14.7 Å². The Bertz CT molecular complexity index is 461. The van der Waals surface area contributed by atoms with E-state index in [0.29, 0.717) is 13.0 Å². The SMILES string of the molecule is CCN(CCC(=O)O)C(=O)C1Cc2ccccc2O1. The molecule has 1 aromatic rings. The molecule has 19 heavy (non-hydrogen) atoms. The number of amides is 1. The second kappa shape index (κ2) is 5.73. The van der Waals surface area contributed by atoms with Gasteiger partial charge in [0.25, 0.3) is 5.91 Å². The summed E-state index contributed by atoms with van der Waals surface area (Å²) >= 11 is 0. The zero-order chi connectivity index (χ0) is 13.8. The van der Waals surface area contributed by atoms with E-state index in [1.807, 2.05) is 31.2 Å². The van der Waals surface area contributed by atoms with Crippen LogP contribution in [0.3, 0.4) is 0 Å². The number of carboxylic acids is 1. The Kier molecular flexibility index (Phi) is 4.04. The first-order valence-corrected chi connectivity index (χ1v) is 6.37. The molecule has 0 saturated carbocycles. The van der Waals surface area contributed by atoms with Crippen LogP contribution in [0, 0.1) is 0 Å². The predicted octanol–water partition coefficient (Wildman–Crippen LogP) is 1.31. The van der Waals surface area contributed by atoms with Crippen LogP contribution >= 0.6 is 0 Å². The predicted molar refractivity (Wildman–Crippen MR) is 69.1 cm³/mol. The zero-order valence-electron chi connectivity index (χ0n) is 10.8. The van der Waals surface area contributed by atoms with Crippen LogP contribution in [0.1, 0.15) is 18.9 Å². The maximum absolute atomic E-state index is 12.3. The van der Waals surface area contributed by atoms with Gasteiger partial charge in [-0.2, -0.15) is 0 Å². The zero-order valence-corrected chi connectivity index (χ0v) is 10.8. The highest BCUT2D eigenvalue weighted by molar-refractivity contribution is 5.83. The number of rotatable bonds is 5. The van der Waals surface area contributed by atoms with Crippen molar-refractivity contribution in [2.45, 2.75) is 25.9 Å². The lowest BCUT2D eigenvalue weighted by Crippen LogP contribution is -2.42. The van der Waals surface area contributed by atoms with Crippen molar-refractivity contribution in [3.05, 3.63) is 29.8 Å². The van der Waals surface area contributed by atoms with Crippen molar-refractivity contribution in [1.29, 1.82) is 0 Å². The summed E-state index contributed by atoms with van der Waals surface area (Å²) in [7, 11) is 0. The second-order valence-electron chi connectivity index (χ2n) is 4.48. The minimum Gasteiger partial charge on any atom is -0.481 e. The summed E-state index contributed by atoms with van der Waals surface area (Å²) in [5.41, 5.74) is 1.02. The van der Waals surface area contributed by atoms with Crippen molar-refractivity contribution >= 4 is 11.9 Å². The third kappa shape index (κ3) is 3.05. The number of carboxylic acid groups (broad SMARTS) is 1. The van der Waals surface area contributed by atoms with E-state index in [4.69, 9.17) is 9.84 Å². The van der Waals surface area contributed by atoms with Crippen molar-refractivity contribution in [3.63, 3.8) is 0 Å². The standard InChI is InChI=1S/C14H17NO4/c1-2-15(8-7-13(16)17)14(18)12-9-10-5-3-4-6-11(10)19-12/h3-6,12H,2,7-9H2,1H3,(H,16,17). The summed E-state index contributed by atoms with van der Waals surface area (Å²) in [6.07, 6.45) is -0.0104. The Hall–Kier alpha value is -2.04. The number of fused-ring (bicyclic) bond motifs is 1. The average molecular weight is 263 g/mol. The Morgan fingerprint density at radius 2 is 2.16 bits per heavy atom. The number of para-hydroxylation sites is 1. The highest BCUT2D eigenvalue weighted by Crippen LogP contribution is 2.28. The molecular formula is C14H17NO4. The van der Waals surface area contributed by atoms with Crippen LogP contribution in [0.5, 0.6) is 5.75 Å². The van der Waals surface area contributed by atoms with Crippen LogP contribution in [-0.4, -0.2) is 41.1 Å². The molecule has 1 heterocycles. The first-order valence-electron chi connectivity index (χ1n) is 6.37. The first-order chi connectivity index (χ1) is 9.11. The van der Waals surface area contributed by atoms with Gasteiger partial charge in [0, 0.05) is 19.5 Å². The maximum atomic E-state index is 12.3. The molecule has 0 aromatic heterocycles. The van der Waals surface area contributed by atoms with E-state index < -0.39 is 12.1 Å². The molecule has 1 aliphatic rings. The molecule has 0 spiro atoms. The average Bonchev–Trinajstić information content (AvgIpc) is 2.82. The lowest BCUT2D eigenvalue weighted by atomic mass is 10.1. The van der Waals surface area contributed by atoms with Gasteiger partial charge in [0.2, 0.25) is 0 Å². The summed E-state index contributed by atoms with van der Waals surface area (Å²) in [5.74, 6) is -0.294. The molecule has 0 saturated heterocycles. The Labute approximate surface area is 111 Å². The molecule has 0 bridgehead atoms. The van der Waals surface area contributed by atoms with Crippen molar-refractivity contribution in [3.8, 4) is 5.75 Å². The number of likely N-dealkylation sites (N-methyl/N-ethyl adjacent to an activating group) is 1. The fourth-order valence-corrected chi connectivity index (χ4v) is 2.18. The van der Waals surface area contributed by atoms with E-state index in [1.54, 1.807) is 0 Å². The summed E-state index contributed by atoms with van der Waals surface area (Å²) in [5, 5.41) is 8.68. The number of carbonyl (C=O) groups is 2. The molecule has 0 fully saturated rings. The van der Waals surface area contributed by atoms with Crippen molar-refractivity contribution in [2.75, 3.05) is 13.1 Å². The van der Waals surface area contributed by atoms with Gasteiger partial charge in [0.15, 0.2) is 6.10 Å². The molecule has 0 radical (unpaired) electrons. The third-order valence-corrected chi connectivity index (χ3v) is 3.21. The smallest absolute Gasteiger partial charge is 0.305 e. The van der Waals surface area contributed by atoms with E-state index in [1.165, 1.54) is 4.90 Å². The Morgan fingerprint density at radius 1 is 1.42 bits per heavy atom. The first kappa shape index (κ1) is 13.4. The van der Waals surface area contributed by atoms with Gasteiger partial charge in [-0.1, -0.05) is 18.2 Å². The largest absolute Gasteiger partial charge is 0.481 e. The molecule has 1 amide bonds. The molecule has 1 aromatic carbocycles. The third-order valence-electron chi connectivity index (χ3n) is 3.21. The molecule has 1 N–H and O–H groups in total. The topological polar surface area (TPSA) is 66.8 Å². The Balaban J connectivity index is 1.99. The van der Waals surface area contributed by atoms with Gasteiger partial charge in [-0.3, -0.25) is 9.59 Å². The fourth-order valence-electron chi connectivity index (χ4n) is 2.18. The number of carbonyl (C=O) groups excluding carboxylic acids is 1. The monoisotopic (exact) mass is 263 g/mol. The van der Waals surface area contributed by atoms with E-state index in [2.05, 4.69) is 0 Å². The molecule has 1 atom stereocenters. The molecule has 102 valence electrons. The summed E-state index contributed by atoms with van der Waals surface area (Å²) in [4.78, 5) is 24.4. The quantitative estimate of drug-likeness (QED) is 0.870. The number of benzene rings is 1. The van der Waals surface area contributed by atoms with Crippen LogP contribution in [0.4, 0.5) is 0 Å². The van der Waals surface area contributed by atoms with Crippen molar-refractivity contribution in [2.24, 2.45) is 0 Å². The molecule has 0 aliphatic carbocycles. The van der Waals surface area contributed by atoms with Gasteiger partial charge in [-0.25, -0.2) is 0 Å². The minimum atomic E-state index is -0.901. The highest BCUT2D eigenvalue weighted by atomic mass is 16.5. The van der Waals surface area contributed by atoms with Crippen LogP contribution in [0.15, 0.2) is 24.3 Å². The lowest BCUT2D eigenvalue weighted by molar-refractivity contribution is -0.140. The highest BCUT2D eigenvalue weighted by Gasteiger charge is 2.31. The van der Waals surface area contributed by atoms with Crippen LogP contribution < -0.4 is 4.74 Å². The van der Waals surface area contributed by atoms with E-state index in [-0.39, 0.29) is 18.9 Å². The number of hydrogen-bond donors (Lipinski definition) is 1. The summed E-state index contributed by atoms with van der Waals surface area (Å²) < 4.78 is 5.62. The number of aliphatic carboxylic acids is 1. The van der Waals surface area contributed by atoms with Gasteiger partial charge >= 0.3 is 5.97 Å². The van der Waals surface area contributed by atoms with Crippen LogP contribution in [0.2, 0.25) is 0 Å².